The number of nitrogens with one attached hydrogen (secondary N) is 1. The molecule has 27 heavy (non-hydrogen) atoms. The van der Waals surface area contributed by atoms with Crippen molar-refractivity contribution in [2.75, 3.05) is 26.9 Å². The third kappa shape index (κ3) is 2.56. The van der Waals surface area contributed by atoms with Crippen LogP contribution in [0.25, 0.3) is 0 Å². The zero-order valence-electron chi connectivity index (χ0n) is 14.9. The van der Waals surface area contributed by atoms with Gasteiger partial charge in [-0.1, -0.05) is 36.4 Å². The predicted molar refractivity (Wildman–Crippen MR) is 101 cm³/mol. The Kier molecular flexibility index (Phi) is 3.63. The molecule has 0 saturated heterocycles. The van der Waals surface area contributed by atoms with Crippen LogP contribution in [0, 0.1) is 0 Å². The van der Waals surface area contributed by atoms with Crippen LogP contribution in [-0.2, 0) is 4.79 Å². The van der Waals surface area contributed by atoms with Gasteiger partial charge in [0.25, 0.3) is 5.91 Å². The molecule has 1 N–H and O–H groups in total. The van der Waals surface area contributed by atoms with Crippen molar-refractivity contribution in [1.29, 1.82) is 0 Å². The summed E-state index contributed by atoms with van der Waals surface area (Å²) in [5, 5.41) is 3.13. The maximum atomic E-state index is 12.8. The average Bonchev–Trinajstić information content (AvgIpc) is 3.24. The van der Waals surface area contributed by atoms with Crippen LogP contribution in [0.1, 0.15) is 17.2 Å². The molecule has 0 aliphatic carbocycles. The third-order valence-electron chi connectivity index (χ3n) is 5.15. The molecule has 0 spiro atoms. The molecule has 2 aromatic rings. The first-order valence-electron chi connectivity index (χ1n) is 8.98. The Morgan fingerprint density at radius 2 is 1.93 bits per heavy atom. The van der Waals surface area contributed by atoms with Gasteiger partial charge in [0, 0.05) is 24.7 Å². The van der Waals surface area contributed by atoms with Crippen LogP contribution in [-0.4, -0.2) is 43.4 Å². The Labute approximate surface area is 157 Å². The lowest BCUT2D eigenvalue weighted by molar-refractivity contribution is -0.118. The minimum Gasteiger partial charge on any atom is -0.454 e. The second-order valence-electron chi connectivity index (χ2n) is 6.80. The molecule has 1 amide bonds. The fourth-order valence-electron chi connectivity index (χ4n) is 3.85. The van der Waals surface area contributed by atoms with E-state index in [2.05, 4.69) is 5.32 Å². The molecule has 0 bridgehead atoms. The molecule has 1 atom stereocenters. The summed E-state index contributed by atoms with van der Waals surface area (Å²) in [6, 6.07) is 15.6. The lowest BCUT2D eigenvalue weighted by atomic mass is 9.92. The van der Waals surface area contributed by atoms with Gasteiger partial charge in [0.1, 0.15) is 5.70 Å². The van der Waals surface area contributed by atoms with Crippen molar-refractivity contribution in [3.8, 4) is 11.5 Å². The SMILES string of the molecule is CN1CCN=C(c2ccccc2)C2=C1C(=O)NC2c1ccc2c(c1)OCO2. The molecule has 0 saturated carbocycles. The van der Waals surface area contributed by atoms with Gasteiger partial charge < -0.3 is 19.7 Å². The van der Waals surface area contributed by atoms with Crippen molar-refractivity contribution in [2.45, 2.75) is 6.04 Å². The van der Waals surface area contributed by atoms with Gasteiger partial charge in [-0.25, -0.2) is 0 Å². The summed E-state index contributed by atoms with van der Waals surface area (Å²) in [5.74, 6) is 1.36. The van der Waals surface area contributed by atoms with Crippen LogP contribution in [0.15, 0.2) is 64.8 Å². The minimum atomic E-state index is -0.276. The van der Waals surface area contributed by atoms with Crippen LogP contribution < -0.4 is 14.8 Å². The van der Waals surface area contributed by atoms with Crippen LogP contribution in [0.5, 0.6) is 11.5 Å². The van der Waals surface area contributed by atoms with E-state index in [0.29, 0.717) is 24.5 Å². The molecule has 0 radical (unpaired) electrons. The Morgan fingerprint density at radius 1 is 1.11 bits per heavy atom. The smallest absolute Gasteiger partial charge is 0.268 e. The van der Waals surface area contributed by atoms with Crippen LogP contribution >= 0.6 is 0 Å². The zero-order valence-corrected chi connectivity index (χ0v) is 14.9. The molecule has 1 unspecified atom stereocenters. The molecule has 6 nitrogen and oxygen atoms in total. The van der Waals surface area contributed by atoms with Gasteiger partial charge in [0.2, 0.25) is 6.79 Å². The highest BCUT2D eigenvalue weighted by molar-refractivity contribution is 6.19. The number of aliphatic imine (C=N–C) groups is 1. The van der Waals surface area contributed by atoms with E-state index >= 15 is 0 Å². The molecule has 6 heteroatoms. The lowest BCUT2D eigenvalue weighted by Gasteiger charge is -2.19. The first-order chi connectivity index (χ1) is 13.2. The Bertz CT molecular complexity index is 981. The average molecular weight is 361 g/mol. The van der Waals surface area contributed by atoms with E-state index in [9.17, 15) is 4.79 Å². The van der Waals surface area contributed by atoms with E-state index in [-0.39, 0.29) is 18.7 Å². The predicted octanol–water partition coefficient (Wildman–Crippen LogP) is 2.28. The number of rotatable bonds is 2. The van der Waals surface area contributed by atoms with E-state index in [1.807, 2.05) is 60.5 Å². The third-order valence-corrected chi connectivity index (χ3v) is 5.15. The van der Waals surface area contributed by atoms with Gasteiger partial charge >= 0.3 is 0 Å². The summed E-state index contributed by atoms with van der Waals surface area (Å²) in [6.45, 7) is 1.58. The number of benzene rings is 2. The maximum Gasteiger partial charge on any atom is 0.268 e. The molecular formula is C21H19N3O3. The van der Waals surface area contributed by atoms with Crippen molar-refractivity contribution < 1.29 is 14.3 Å². The van der Waals surface area contributed by atoms with Gasteiger partial charge in [-0.05, 0) is 17.7 Å². The fraction of sp³-hybridized carbons (Fsp3) is 0.238. The van der Waals surface area contributed by atoms with Crippen molar-refractivity contribution in [3.63, 3.8) is 0 Å². The summed E-state index contributed by atoms with van der Waals surface area (Å²) in [7, 11) is 1.94. The van der Waals surface area contributed by atoms with E-state index < -0.39 is 0 Å². The largest absolute Gasteiger partial charge is 0.454 e. The number of hydrogen-bond acceptors (Lipinski definition) is 5. The Morgan fingerprint density at radius 3 is 2.78 bits per heavy atom. The molecule has 0 aromatic heterocycles. The number of carbonyl (C=O) groups is 1. The summed E-state index contributed by atoms with van der Waals surface area (Å²) in [5.41, 5.74) is 4.46. The molecule has 3 aliphatic rings. The topological polar surface area (TPSA) is 63.2 Å². The van der Waals surface area contributed by atoms with Crippen molar-refractivity contribution >= 4 is 11.6 Å². The van der Waals surface area contributed by atoms with Crippen molar-refractivity contribution in [3.05, 3.63) is 70.9 Å². The molecular weight excluding hydrogens is 342 g/mol. The number of ether oxygens (including phenoxy) is 2. The Balaban J connectivity index is 1.66. The fourth-order valence-corrected chi connectivity index (χ4v) is 3.85. The number of carbonyl (C=O) groups excluding carboxylic acids is 1. The zero-order chi connectivity index (χ0) is 18.4. The standard InChI is InChI=1S/C21H19N3O3/c1-24-10-9-22-18(13-5-3-2-4-6-13)17-19(23-21(25)20(17)24)14-7-8-15-16(11-14)27-12-26-15/h2-8,11,19H,9-10,12H2,1H3,(H,23,25). The molecule has 3 aliphatic heterocycles. The number of amides is 1. The van der Waals surface area contributed by atoms with Gasteiger partial charge in [0.05, 0.1) is 18.3 Å². The second-order valence-corrected chi connectivity index (χ2v) is 6.80. The van der Waals surface area contributed by atoms with Crippen molar-refractivity contribution in [1.82, 2.24) is 10.2 Å². The minimum absolute atomic E-state index is 0.0688. The molecule has 0 fully saturated rings. The first-order valence-corrected chi connectivity index (χ1v) is 8.98. The highest BCUT2D eigenvalue weighted by atomic mass is 16.7. The van der Waals surface area contributed by atoms with Crippen molar-refractivity contribution in [2.24, 2.45) is 4.99 Å². The number of fused-ring (bicyclic) bond motifs is 1. The monoisotopic (exact) mass is 361 g/mol. The number of nitrogens with zero attached hydrogens (tertiary/aromatic N) is 2. The second kappa shape index (κ2) is 6.16. The van der Waals surface area contributed by atoms with Gasteiger partial charge in [-0.3, -0.25) is 9.79 Å². The summed E-state index contributed by atoms with van der Waals surface area (Å²) >= 11 is 0. The van der Waals surface area contributed by atoms with E-state index in [1.54, 1.807) is 0 Å². The van der Waals surface area contributed by atoms with E-state index in [1.165, 1.54) is 0 Å². The van der Waals surface area contributed by atoms with Crippen LogP contribution in [0.3, 0.4) is 0 Å². The van der Waals surface area contributed by atoms with Gasteiger partial charge in [0.15, 0.2) is 11.5 Å². The number of hydrogen-bond donors (Lipinski definition) is 1. The maximum absolute atomic E-state index is 12.8. The lowest BCUT2D eigenvalue weighted by Crippen LogP contribution is -2.29. The van der Waals surface area contributed by atoms with E-state index in [0.717, 1.165) is 28.2 Å². The molecule has 2 aromatic carbocycles. The quantitative estimate of drug-likeness (QED) is 0.891. The van der Waals surface area contributed by atoms with Crippen LogP contribution in [0.4, 0.5) is 0 Å². The summed E-state index contributed by atoms with van der Waals surface area (Å²) in [6.07, 6.45) is 0. The molecule has 3 heterocycles. The van der Waals surface area contributed by atoms with Crippen LogP contribution in [0.2, 0.25) is 0 Å². The Hall–Kier alpha value is -3.28. The van der Waals surface area contributed by atoms with Gasteiger partial charge in [-0.2, -0.15) is 0 Å². The molecule has 136 valence electrons. The van der Waals surface area contributed by atoms with E-state index in [4.69, 9.17) is 14.5 Å². The first kappa shape index (κ1) is 15.9. The summed E-state index contributed by atoms with van der Waals surface area (Å²) in [4.78, 5) is 19.7. The highest BCUT2D eigenvalue weighted by Gasteiger charge is 2.39. The molecule has 5 rings (SSSR count). The van der Waals surface area contributed by atoms with Gasteiger partial charge in [-0.15, -0.1) is 0 Å². The normalized spacial score (nSPS) is 20.9. The summed E-state index contributed by atoms with van der Waals surface area (Å²) < 4.78 is 10.9. The number of likely N-dealkylation sites (N-methyl/N-ethyl adjacent to an activating group) is 1. The highest BCUT2D eigenvalue weighted by Crippen LogP contribution is 2.40.